The summed E-state index contributed by atoms with van der Waals surface area (Å²) >= 11 is 6.17. The second-order valence-corrected chi connectivity index (χ2v) is 10.2. The lowest BCUT2D eigenvalue weighted by molar-refractivity contribution is -0.144. The molecule has 2 N–H and O–H groups in total. The van der Waals surface area contributed by atoms with Gasteiger partial charge in [-0.25, -0.2) is 4.79 Å². The summed E-state index contributed by atoms with van der Waals surface area (Å²) < 4.78 is 5.64. The van der Waals surface area contributed by atoms with Crippen molar-refractivity contribution in [2.24, 2.45) is 0 Å². The van der Waals surface area contributed by atoms with Crippen molar-refractivity contribution < 1.29 is 14.6 Å². The van der Waals surface area contributed by atoms with E-state index in [0.717, 1.165) is 30.7 Å². The van der Waals surface area contributed by atoms with Gasteiger partial charge in [-0.2, -0.15) is 0 Å². The number of ether oxygens (including phenoxy) is 1. The molecule has 0 radical (unpaired) electrons. The van der Waals surface area contributed by atoms with E-state index in [2.05, 4.69) is 48.6 Å². The van der Waals surface area contributed by atoms with Gasteiger partial charge in [-0.1, -0.05) is 54.1 Å². The van der Waals surface area contributed by atoms with E-state index in [1.165, 1.54) is 22.3 Å². The van der Waals surface area contributed by atoms with Crippen molar-refractivity contribution in [2.45, 2.75) is 55.9 Å². The first-order valence-electron chi connectivity index (χ1n) is 11.9. The highest BCUT2D eigenvalue weighted by atomic mass is 35.5. The topological polar surface area (TPSA) is 58.6 Å². The monoisotopic (exact) mass is 475 g/mol. The number of benzene rings is 3. The molecule has 1 atom stereocenters. The van der Waals surface area contributed by atoms with Gasteiger partial charge in [0.2, 0.25) is 0 Å². The molecule has 4 nitrogen and oxygen atoms in total. The third-order valence-corrected chi connectivity index (χ3v) is 8.41. The van der Waals surface area contributed by atoms with Gasteiger partial charge in [0.15, 0.2) is 0 Å². The van der Waals surface area contributed by atoms with Crippen LogP contribution in [0.4, 0.5) is 5.69 Å². The molecule has 1 unspecified atom stereocenters. The maximum atomic E-state index is 12.6. The zero-order chi connectivity index (χ0) is 23.9. The summed E-state index contributed by atoms with van der Waals surface area (Å²) in [5.74, 6) is 0.391. The van der Waals surface area contributed by atoms with Crippen LogP contribution in [0, 0.1) is 6.92 Å². The van der Waals surface area contributed by atoms with E-state index < -0.39 is 11.5 Å². The van der Waals surface area contributed by atoms with Crippen molar-refractivity contribution in [1.29, 1.82) is 0 Å². The third-order valence-electron chi connectivity index (χ3n) is 8.18. The maximum absolute atomic E-state index is 12.6. The van der Waals surface area contributed by atoms with Crippen molar-refractivity contribution in [3.05, 3.63) is 94.0 Å². The zero-order valence-electron chi connectivity index (χ0n) is 19.6. The molecule has 3 aromatic rings. The van der Waals surface area contributed by atoms with Gasteiger partial charge < -0.3 is 15.2 Å². The number of carboxylic acid groups (broad SMARTS) is 1. The SMILES string of the molecule is COc1cccc(C2Cc3ccccc3C23CCC(Nc2cccc(Cl)c2)(C(=O)O)CC3)c1C. The van der Waals surface area contributed by atoms with Crippen LogP contribution in [0.3, 0.4) is 0 Å². The predicted molar refractivity (Wildman–Crippen MR) is 136 cm³/mol. The van der Waals surface area contributed by atoms with Crippen LogP contribution >= 0.6 is 11.6 Å². The van der Waals surface area contributed by atoms with E-state index in [1.54, 1.807) is 19.2 Å². The molecule has 34 heavy (non-hydrogen) atoms. The molecule has 0 bridgehead atoms. The Hall–Kier alpha value is -2.98. The molecular formula is C29H30ClNO3. The van der Waals surface area contributed by atoms with Crippen molar-refractivity contribution in [3.63, 3.8) is 0 Å². The maximum Gasteiger partial charge on any atom is 0.329 e. The number of methoxy groups -OCH3 is 1. The van der Waals surface area contributed by atoms with Crippen LogP contribution in [0.25, 0.3) is 0 Å². The second kappa shape index (κ2) is 8.66. The zero-order valence-corrected chi connectivity index (χ0v) is 20.4. The standard InChI is InChI=1S/C29H30ClNO3/c1-19-23(10-6-12-26(19)34-2)25-17-20-7-3-4-11-24(20)28(25)13-15-29(16-14-28,27(32)33)31-22-9-5-8-21(30)18-22/h3-12,18,25,31H,13-17H2,1-2H3,(H,32,33). The van der Waals surface area contributed by atoms with Crippen molar-refractivity contribution in [2.75, 3.05) is 12.4 Å². The highest BCUT2D eigenvalue weighted by Crippen LogP contribution is 2.58. The van der Waals surface area contributed by atoms with Gasteiger partial charge in [-0.05, 0) is 91.5 Å². The number of carbonyl (C=O) groups is 1. The number of rotatable bonds is 5. The van der Waals surface area contributed by atoms with Gasteiger partial charge in [0.25, 0.3) is 0 Å². The van der Waals surface area contributed by atoms with Gasteiger partial charge in [-0.3, -0.25) is 0 Å². The number of anilines is 1. The first-order valence-corrected chi connectivity index (χ1v) is 12.3. The van der Waals surface area contributed by atoms with Gasteiger partial charge >= 0.3 is 5.97 Å². The van der Waals surface area contributed by atoms with Crippen molar-refractivity contribution in [1.82, 2.24) is 0 Å². The number of hydrogen-bond donors (Lipinski definition) is 2. The Labute approximate surface area is 205 Å². The molecule has 0 amide bonds. The summed E-state index contributed by atoms with van der Waals surface area (Å²) in [6.45, 7) is 2.13. The van der Waals surface area contributed by atoms with Gasteiger partial charge in [0.05, 0.1) is 7.11 Å². The Bertz CT molecular complexity index is 1230. The van der Waals surface area contributed by atoms with Crippen LogP contribution in [0.5, 0.6) is 5.75 Å². The average Bonchev–Trinajstić information content (AvgIpc) is 3.14. The fourth-order valence-electron chi connectivity index (χ4n) is 6.40. The molecule has 2 aliphatic carbocycles. The molecule has 0 heterocycles. The number of aliphatic carboxylic acids is 1. The fraction of sp³-hybridized carbons (Fsp3) is 0.345. The average molecular weight is 476 g/mol. The number of hydrogen-bond acceptors (Lipinski definition) is 3. The molecule has 176 valence electrons. The van der Waals surface area contributed by atoms with Gasteiger partial charge in [-0.15, -0.1) is 0 Å². The summed E-state index contributed by atoms with van der Waals surface area (Å²) in [7, 11) is 1.72. The lowest BCUT2D eigenvalue weighted by atomic mass is 9.59. The number of nitrogens with one attached hydrogen (secondary N) is 1. The lowest BCUT2D eigenvalue weighted by Gasteiger charge is -2.47. The Kier molecular flexibility index (Phi) is 5.81. The second-order valence-electron chi connectivity index (χ2n) is 9.77. The van der Waals surface area contributed by atoms with Crippen molar-refractivity contribution >= 4 is 23.3 Å². The number of halogens is 1. The number of carboxylic acids is 1. The quantitative estimate of drug-likeness (QED) is 0.428. The molecule has 2 aliphatic rings. The largest absolute Gasteiger partial charge is 0.496 e. The van der Waals surface area contributed by atoms with Crippen LogP contribution in [-0.2, 0) is 16.6 Å². The fourth-order valence-corrected chi connectivity index (χ4v) is 6.59. The molecule has 0 aliphatic heterocycles. The first-order chi connectivity index (χ1) is 16.4. The number of fused-ring (bicyclic) bond motifs is 2. The van der Waals surface area contributed by atoms with E-state index in [0.29, 0.717) is 17.9 Å². The highest BCUT2D eigenvalue weighted by Gasteiger charge is 2.54. The molecule has 5 heteroatoms. The molecule has 1 spiro atoms. The minimum absolute atomic E-state index is 0.0946. The Morgan fingerprint density at radius 3 is 2.47 bits per heavy atom. The summed E-state index contributed by atoms with van der Waals surface area (Å²) in [5, 5.41) is 14.3. The van der Waals surface area contributed by atoms with E-state index in [-0.39, 0.29) is 11.3 Å². The van der Waals surface area contributed by atoms with Gasteiger partial charge in [0.1, 0.15) is 11.3 Å². The van der Waals surface area contributed by atoms with E-state index in [1.807, 2.05) is 18.2 Å². The van der Waals surface area contributed by atoms with Crippen LogP contribution in [0.1, 0.15) is 53.9 Å². The summed E-state index contributed by atoms with van der Waals surface area (Å²) in [5.41, 5.74) is 4.88. The van der Waals surface area contributed by atoms with E-state index in [9.17, 15) is 9.90 Å². The Morgan fingerprint density at radius 1 is 1.03 bits per heavy atom. The minimum Gasteiger partial charge on any atom is -0.496 e. The smallest absolute Gasteiger partial charge is 0.329 e. The molecular weight excluding hydrogens is 446 g/mol. The van der Waals surface area contributed by atoms with Crippen LogP contribution in [0.2, 0.25) is 5.02 Å². The molecule has 3 aromatic carbocycles. The van der Waals surface area contributed by atoms with Crippen LogP contribution < -0.4 is 10.1 Å². The minimum atomic E-state index is -1.01. The van der Waals surface area contributed by atoms with E-state index >= 15 is 0 Å². The summed E-state index contributed by atoms with van der Waals surface area (Å²) in [4.78, 5) is 12.6. The molecule has 1 fully saturated rings. The van der Waals surface area contributed by atoms with Crippen LogP contribution in [0.15, 0.2) is 66.7 Å². The molecule has 0 aromatic heterocycles. The summed E-state index contributed by atoms with van der Waals surface area (Å²) in [6, 6.07) is 22.3. The first kappa shape index (κ1) is 22.8. The Balaban J connectivity index is 1.53. The van der Waals surface area contributed by atoms with Gasteiger partial charge in [0, 0.05) is 16.1 Å². The molecule has 1 saturated carbocycles. The van der Waals surface area contributed by atoms with Crippen LogP contribution in [-0.4, -0.2) is 23.7 Å². The third kappa shape index (κ3) is 3.65. The summed E-state index contributed by atoms with van der Waals surface area (Å²) in [6.07, 6.45) is 3.65. The normalized spacial score (nSPS) is 25.7. The lowest BCUT2D eigenvalue weighted by Crippen LogP contribution is -2.52. The van der Waals surface area contributed by atoms with E-state index in [4.69, 9.17) is 16.3 Å². The van der Waals surface area contributed by atoms with Crippen molar-refractivity contribution in [3.8, 4) is 5.75 Å². The Morgan fingerprint density at radius 2 is 1.76 bits per heavy atom. The predicted octanol–water partition coefficient (Wildman–Crippen LogP) is 6.74. The molecule has 0 saturated heterocycles. The highest BCUT2D eigenvalue weighted by molar-refractivity contribution is 6.30. The molecule has 5 rings (SSSR count).